The van der Waals surface area contributed by atoms with Crippen LogP contribution < -0.4 is 10.1 Å². The van der Waals surface area contributed by atoms with Crippen LogP contribution in [0.5, 0.6) is 5.75 Å². The molecule has 20 heavy (non-hydrogen) atoms. The van der Waals surface area contributed by atoms with Gasteiger partial charge in [-0.15, -0.1) is 0 Å². The summed E-state index contributed by atoms with van der Waals surface area (Å²) in [5.74, 6) is -0.0478. The van der Waals surface area contributed by atoms with Gasteiger partial charge in [-0.3, -0.25) is 10.1 Å². The van der Waals surface area contributed by atoms with Gasteiger partial charge >= 0.3 is 5.97 Å². The van der Waals surface area contributed by atoms with Gasteiger partial charge in [-0.05, 0) is 43.0 Å². The summed E-state index contributed by atoms with van der Waals surface area (Å²) in [5, 5.41) is 12.4. The molecule has 0 spiro atoms. The molecule has 5 heteroatoms. The number of aliphatic carboxylic acids is 1. The van der Waals surface area contributed by atoms with Crippen LogP contribution in [0, 0.1) is 0 Å². The maximum atomic E-state index is 11.2. The first-order valence-electron chi connectivity index (χ1n) is 6.91. The Bertz CT molecular complexity index is 531. The van der Waals surface area contributed by atoms with E-state index in [4.69, 9.17) is 9.47 Å². The minimum atomic E-state index is -0.854. The van der Waals surface area contributed by atoms with Gasteiger partial charge in [-0.1, -0.05) is 6.07 Å². The van der Waals surface area contributed by atoms with Gasteiger partial charge < -0.3 is 14.6 Å². The monoisotopic (exact) mass is 277 g/mol. The molecule has 1 aromatic rings. The third-order valence-corrected chi connectivity index (χ3v) is 4.24. The molecule has 2 aliphatic rings. The van der Waals surface area contributed by atoms with Crippen LogP contribution in [0.1, 0.15) is 30.6 Å². The lowest BCUT2D eigenvalue weighted by molar-refractivity contribution is -0.153. The van der Waals surface area contributed by atoms with Gasteiger partial charge in [0, 0.05) is 6.04 Å². The Labute approximate surface area is 117 Å². The summed E-state index contributed by atoms with van der Waals surface area (Å²) in [5.41, 5.74) is 2.37. The number of methoxy groups -OCH3 is 1. The summed E-state index contributed by atoms with van der Waals surface area (Å²) < 4.78 is 11.3. The number of carboxylic acids is 1. The highest BCUT2D eigenvalue weighted by Crippen LogP contribution is 2.38. The molecule has 3 rings (SSSR count). The first-order valence-corrected chi connectivity index (χ1v) is 6.91. The molecule has 5 nitrogen and oxygen atoms in total. The summed E-state index contributed by atoms with van der Waals surface area (Å²) in [7, 11) is 1.64. The number of benzene rings is 1. The van der Waals surface area contributed by atoms with Gasteiger partial charge in [0.15, 0.2) is 0 Å². The smallest absolute Gasteiger partial charge is 0.323 e. The lowest BCUT2D eigenvalue weighted by atomic mass is 9.83. The quantitative estimate of drug-likeness (QED) is 0.857. The SMILES string of the molecule is COc1ccc2c(c1)C1OC(C)C(C(=O)O)NC1CC2. The van der Waals surface area contributed by atoms with Crippen molar-refractivity contribution in [1.29, 1.82) is 0 Å². The molecular formula is C15H19NO4. The van der Waals surface area contributed by atoms with E-state index < -0.39 is 12.0 Å². The predicted octanol–water partition coefficient (Wildman–Crippen LogP) is 1.51. The third kappa shape index (κ3) is 2.17. The van der Waals surface area contributed by atoms with Crippen molar-refractivity contribution in [2.24, 2.45) is 0 Å². The molecule has 1 fully saturated rings. The Morgan fingerprint density at radius 3 is 3.00 bits per heavy atom. The number of carbonyl (C=O) groups is 1. The molecule has 0 bridgehead atoms. The van der Waals surface area contributed by atoms with E-state index in [2.05, 4.69) is 11.4 Å². The zero-order chi connectivity index (χ0) is 14.3. The molecule has 0 saturated carbocycles. The number of hydrogen-bond acceptors (Lipinski definition) is 4. The van der Waals surface area contributed by atoms with Gasteiger partial charge in [0.25, 0.3) is 0 Å². The van der Waals surface area contributed by atoms with Crippen molar-refractivity contribution in [3.8, 4) is 5.75 Å². The summed E-state index contributed by atoms with van der Waals surface area (Å²) in [4.78, 5) is 11.2. The van der Waals surface area contributed by atoms with Gasteiger partial charge in [0.2, 0.25) is 0 Å². The van der Waals surface area contributed by atoms with Crippen LogP contribution in [0.2, 0.25) is 0 Å². The molecule has 4 unspecified atom stereocenters. The van der Waals surface area contributed by atoms with E-state index in [0.29, 0.717) is 0 Å². The highest BCUT2D eigenvalue weighted by Gasteiger charge is 2.41. The van der Waals surface area contributed by atoms with Crippen LogP contribution in [-0.2, 0) is 16.0 Å². The fourth-order valence-corrected chi connectivity index (χ4v) is 3.16. The summed E-state index contributed by atoms with van der Waals surface area (Å²) in [6.45, 7) is 1.80. The van der Waals surface area contributed by atoms with E-state index in [1.807, 2.05) is 12.1 Å². The third-order valence-electron chi connectivity index (χ3n) is 4.24. The van der Waals surface area contributed by atoms with Gasteiger partial charge in [-0.2, -0.15) is 0 Å². The molecule has 4 atom stereocenters. The van der Waals surface area contributed by atoms with E-state index in [1.165, 1.54) is 5.56 Å². The number of ether oxygens (including phenoxy) is 2. The predicted molar refractivity (Wildman–Crippen MR) is 73.0 cm³/mol. The van der Waals surface area contributed by atoms with Gasteiger partial charge in [0.1, 0.15) is 11.8 Å². The second-order valence-electron chi connectivity index (χ2n) is 5.45. The molecule has 1 aromatic carbocycles. The molecule has 0 aromatic heterocycles. The van der Waals surface area contributed by atoms with Crippen LogP contribution in [0.15, 0.2) is 18.2 Å². The lowest BCUT2D eigenvalue weighted by Crippen LogP contribution is -2.58. The highest BCUT2D eigenvalue weighted by molar-refractivity contribution is 5.74. The average molecular weight is 277 g/mol. The molecular weight excluding hydrogens is 258 g/mol. The summed E-state index contributed by atoms with van der Waals surface area (Å²) >= 11 is 0. The van der Waals surface area contributed by atoms with E-state index >= 15 is 0 Å². The fourth-order valence-electron chi connectivity index (χ4n) is 3.16. The minimum absolute atomic E-state index is 0.0481. The molecule has 1 aliphatic carbocycles. The van der Waals surface area contributed by atoms with Crippen LogP contribution in [0.25, 0.3) is 0 Å². The number of rotatable bonds is 2. The normalized spacial score (nSPS) is 32.1. The fraction of sp³-hybridized carbons (Fsp3) is 0.533. The van der Waals surface area contributed by atoms with Crippen molar-refractivity contribution >= 4 is 5.97 Å². The molecule has 0 amide bonds. The van der Waals surface area contributed by atoms with Crippen molar-refractivity contribution in [1.82, 2.24) is 5.32 Å². The average Bonchev–Trinajstić information content (AvgIpc) is 2.45. The maximum Gasteiger partial charge on any atom is 0.323 e. The van der Waals surface area contributed by atoms with Crippen LogP contribution in [0.4, 0.5) is 0 Å². The number of hydrogen-bond donors (Lipinski definition) is 2. The number of carboxylic acid groups (broad SMARTS) is 1. The first-order chi connectivity index (χ1) is 9.60. The first kappa shape index (κ1) is 13.4. The summed E-state index contributed by atoms with van der Waals surface area (Å²) in [6.07, 6.45) is 1.36. The zero-order valence-corrected chi connectivity index (χ0v) is 11.6. The topological polar surface area (TPSA) is 67.8 Å². The number of morpholine rings is 1. The molecule has 0 radical (unpaired) electrons. The van der Waals surface area contributed by atoms with Gasteiger partial charge in [-0.25, -0.2) is 0 Å². The van der Waals surface area contributed by atoms with E-state index in [1.54, 1.807) is 14.0 Å². The van der Waals surface area contributed by atoms with Gasteiger partial charge in [0.05, 0.1) is 19.3 Å². The Kier molecular flexibility index (Phi) is 3.40. The maximum absolute atomic E-state index is 11.2. The molecule has 108 valence electrons. The molecule has 1 aliphatic heterocycles. The van der Waals surface area contributed by atoms with Crippen LogP contribution >= 0.6 is 0 Å². The highest BCUT2D eigenvalue weighted by atomic mass is 16.5. The second kappa shape index (κ2) is 5.07. The zero-order valence-electron chi connectivity index (χ0n) is 11.6. The Morgan fingerprint density at radius 2 is 2.30 bits per heavy atom. The summed E-state index contributed by atoms with van der Waals surface area (Å²) in [6, 6.07) is 5.44. The van der Waals surface area contributed by atoms with E-state index in [9.17, 15) is 9.90 Å². The number of aryl methyl sites for hydroxylation is 1. The van der Waals surface area contributed by atoms with Crippen molar-refractivity contribution in [3.05, 3.63) is 29.3 Å². The molecule has 1 heterocycles. The minimum Gasteiger partial charge on any atom is -0.497 e. The number of nitrogens with one attached hydrogen (secondary N) is 1. The molecule has 2 N–H and O–H groups in total. The standard InChI is InChI=1S/C15H19NO4/c1-8-13(15(17)18)16-12-6-4-9-3-5-10(19-2)7-11(9)14(12)20-8/h3,5,7-8,12-14,16H,4,6H2,1-2H3,(H,17,18). The van der Waals surface area contributed by atoms with Crippen LogP contribution in [-0.4, -0.2) is 36.4 Å². The van der Waals surface area contributed by atoms with E-state index in [-0.39, 0.29) is 18.2 Å². The Morgan fingerprint density at radius 1 is 1.50 bits per heavy atom. The Hall–Kier alpha value is -1.59. The second-order valence-corrected chi connectivity index (χ2v) is 5.45. The molecule has 1 saturated heterocycles. The largest absolute Gasteiger partial charge is 0.497 e. The Balaban J connectivity index is 1.91. The van der Waals surface area contributed by atoms with Crippen molar-refractivity contribution in [2.75, 3.05) is 7.11 Å². The van der Waals surface area contributed by atoms with Crippen molar-refractivity contribution < 1.29 is 19.4 Å². The number of fused-ring (bicyclic) bond motifs is 3. The van der Waals surface area contributed by atoms with E-state index in [0.717, 1.165) is 24.2 Å². The van der Waals surface area contributed by atoms with Crippen LogP contribution in [0.3, 0.4) is 0 Å². The lowest BCUT2D eigenvalue weighted by Gasteiger charge is -2.43. The van der Waals surface area contributed by atoms with Crippen molar-refractivity contribution in [2.45, 2.75) is 44.1 Å². The van der Waals surface area contributed by atoms with Crippen molar-refractivity contribution in [3.63, 3.8) is 0 Å².